The molecule has 0 saturated carbocycles. The van der Waals surface area contributed by atoms with Gasteiger partial charge in [0.1, 0.15) is 12.2 Å². The van der Waals surface area contributed by atoms with E-state index in [0.717, 1.165) is 5.56 Å². The van der Waals surface area contributed by atoms with E-state index in [0.29, 0.717) is 27.1 Å². The summed E-state index contributed by atoms with van der Waals surface area (Å²) < 4.78 is 11.1. The molecule has 9 heteroatoms. The van der Waals surface area contributed by atoms with Gasteiger partial charge in [0.15, 0.2) is 11.5 Å². The van der Waals surface area contributed by atoms with Gasteiger partial charge in [0.2, 0.25) is 0 Å². The molecule has 0 spiro atoms. The monoisotopic (exact) mass is 420 g/mol. The lowest BCUT2D eigenvalue weighted by atomic mass is 10.1. The molecule has 3 rings (SSSR count). The van der Waals surface area contributed by atoms with Gasteiger partial charge in [0.05, 0.1) is 7.11 Å². The van der Waals surface area contributed by atoms with Gasteiger partial charge < -0.3 is 9.47 Å². The van der Waals surface area contributed by atoms with Crippen LogP contribution in [-0.2, 0) is 16.2 Å². The summed E-state index contributed by atoms with van der Waals surface area (Å²) in [6.07, 6.45) is 1.35. The number of urea groups is 1. The van der Waals surface area contributed by atoms with Gasteiger partial charge in [-0.15, -0.1) is 0 Å². The highest BCUT2D eigenvalue weighted by molar-refractivity contribution is 6.35. The first kappa shape index (κ1) is 19.7. The SMILES string of the molecule is COc1cc(C=C2C(=O)NC(=O)NC2=O)ccc1OCc1ccc(Cl)cc1Cl. The lowest BCUT2D eigenvalue weighted by Crippen LogP contribution is -2.51. The van der Waals surface area contributed by atoms with Crippen LogP contribution in [0.5, 0.6) is 11.5 Å². The maximum atomic E-state index is 11.8. The van der Waals surface area contributed by atoms with E-state index in [1.807, 2.05) is 10.6 Å². The van der Waals surface area contributed by atoms with Gasteiger partial charge in [-0.25, -0.2) is 4.79 Å². The Morgan fingerprint density at radius 2 is 1.68 bits per heavy atom. The minimum atomic E-state index is -0.852. The molecule has 0 aliphatic carbocycles. The van der Waals surface area contributed by atoms with Gasteiger partial charge in [-0.2, -0.15) is 0 Å². The van der Waals surface area contributed by atoms with Crippen molar-refractivity contribution in [3.63, 3.8) is 0 Å². The summed E-state index contributed by atoms with van der Waals surface area (Å²) in [4.78, 5) is 34.7. The van der Waals surface area contributed by atoms with Crippen molar-refractivity contribution in [2.75, 3.05) is 7.11 Å². The van der Waals surface area contributed by atoms with Gasteiger partial charge in [-0.3, -0.25) is 20.2 Å². The first-order valence-corrected chi connectivity index (χ1v) is 8.76. The molecule has 1 aliphatic heterocycles. The van der Waals surface area contributed by atoms with Crippen molar-refractivity contribution >= 4 is 47.1 Å². The van der Waals surface area contributed by atoms with Crippen LogP contribution in [0.1, 0.15) is 11.1 Å². The maximum Gasteiger partial charge on any atom is 0.328 e. The number of hydrogen-bond donors (Lipinski definition) is 2. The van der Waals surface area contributed by atoms with Crippen molar-refractivity contribution < 1.29 is 23.9 Å². The fraction of sp³-hybridized carbons (Fsp3) is 0.105. The van der Waals surface area contributed by atoms with Crippen LogP contribution in [0.2, 0.25) is 10.0 Å². The summed E-state index contributed by atoms with van der Waals surface area (Å²) in [5.74, 6) is -0.702. The molecule has 0 unspecified atom stereocenters. The van der Waals surface area contributed by atoms with Crippen LogP contribution in [0.25, 0.3) is 6.08 Å². The number of carbonyl (C=O) groups is 3. The average Bonchev–Trinajstić information content (AvgIpc) is 2.64. The maximum absolute atomic E-state index is 11.8. The second-order valence-corrected chi connectivity index (χ2v) is 6.57. The Hall–Kier alpha value is -3.03. The number of methoxy groups -OCH3 is 1. The number of halogens is 2. The summed E-state index contributed by atoms with van der Waals surface area (Å²) in [6.45, 7) is 0.194. The normalized spacial score (nSPS) is 13.7. The highest BCUT2D eigenvalue weighted by atomic mass is 35.5. The largest absolute Gasteiger partial charge is 0.493 e. The highest BCUT2D eigenvalue weighted by Gasteiger charge is 2.27. The van der Waals surface area contributed by atoms with Crippen LogP contribution in [0.15, 0.2) is 42.0 Å². The smallest absolute Gasteiger partial charge is 0.328 e. The zero-order valence-electron chi connectivity index (χ0n) is 14.5. The number of amides is 4. The van der Waals surface area contributed by atoms with Crippen molar-refractivity contribution in [1.82, 2.24) is 10.6 Å². The molecule has 4 amide bonds. The van der Waals surface area contributed by atoms with E-state index >= 15 is 0 Å². The number of rotatable bonds is 5. The molecule has 28 heavy (non-hydrogen) atoms. The number of barbiturate groups is 1. The first-order chi connectivity index (χ1) is 13.4. The third kappa shape index (κ3) is 4.44. The molecule has 1 heterocycles. The van der Waals surface area contributed by atoms with Crippen molar-refractivity contribution in [3.05, 3.63) is 63.1 Å². The second kappa shape index (κ2) is 8.33. The predicted octanol–water partition coefficient (Wildman–Crippen LogP) is 3.33. The van der Waals surface area contributed by atoms with E-state index in [4.69, 9.17) is 32.7 Å². The van der Waals surface area contributed by atoms with Crippen LogP contribution in [0.4, 0.5) is 4.79 Å². The molecule has 2 N–H and O–H groups in total. The van der Waals surface area contributed by atoms with Crippen molar-refractivity contribution in [1.29, 1.82) is 0 Å². The minimum absolute atomic E-state index is 0.191. The van der Waals surface area contributed by atoms with Crippen molar-refractivity contribution in [2.45, 2.75) is 6.61 Å². The highest BCUT2D eigenvalue weighted by Crippen LogP contribution is 2.31. The molecule has 0 atom stereocenters. The van der Waals surface area contributed by atoms with E-state index in [1.165, 1.54) is 13.2 Å². The van der Waals surface area contributed by atoms with Gasteiger partial charge >= 0.3 is 6.03 Å². The minimum Gasteiger partial charge on any atom is -0.493 e. The van der Waals surface area contributed by atoms with Gasteiger partial charge in [0, 0.05) is 15.6 Å². The molecule has 2 aromatic rings. The fourth-order valence-corrected chi connectivity index (χ4v) is 2.92. The number of benzene rings is 2. The second-order valence-electron chi connectivity index (χ2n) is 5.73. The Balaban J connectivity index is 1.80. The Bertz CT molecular complexity index is 982. The van der Waals surface area contributed by atoms with E-state index < -0.39 is 17.8 Å². The van der Waals surface area contributed by atoms with E-state index in [2.05, 4.69) is 0 Å². The molecular weight excluding hydrogens is 407 g/mol. The molecule has 1 fully saturated rings. The lowest BCUT2D eigenvalue weighted by molar-refractivity contribution is -0.123. The molecule has 0 bridgehead atoms. The lowest BCUT2D eigenvalue weighted by Gasteiger charge is -2.15. The molecule has 144 valence electrons. The Morgan fingerprint density at radius 3 is 2.32 bits per heavy atom. The Morgan fingerprint density at radius 1 is 0.964 bits per heavy atom. The molecule has 1 aliphatic rings. The summed E-state index contributed by atoms with van der Waals surface area (Å²) in [6, 6.07) is 9.13. The van der Waals surface area contributed by atoms with Crippen molar-refractivity contribution in [2.24, 2.45) is 0 Å². The number of ether oxygens (including phenoxy) is 2. The molecular formula is C19H14Cl2N2O5. The van der Waals surface area contributed by atoms with Crippen LogP contribution >= 0.6 is 23.2 Å². The number of hydrogen-bond acceptors (Lipinski definition) is 5. The molecule has 7 nitrogen and oxygen atoms in total. The summed E-state index contributed by atoms with van der Waals surface area (Å²) >= 11 is 12.0. The quantitative estimate of drug-likeness (QED) is 0.571. The zero-order chi connectivity index (χ0) is 20.3. The van der Waals surface area contributed by atoms with Crippen molar-refractivity contribution in [3.8, 4) is 11.5 Å². The first-order valence-electron chi connectivity index (χ1n) is 8.00. The van der Waals surface area contributed by atoms with Crippen LogP contribution in [0.3, 0.4) is 0 Å². The summed E-state index contributed by atoms with van der Waals surface area (Å²) in [5.41, 5.74) is 1.08. The number of carbonyl (C=O) groups excluding carboxylic acids is 3. The summed E-state index contributed by atoms with van der Waals surface area (Å²) in [5, 5.41) is 5.04. The van der Waals surface area contributed by atoms with Crippen LogP contribution < -0.4 is 20.1 Å². The number of imide groups is 2. The molecule has 2 aromatic carbocycles. The zero-order valence-corrected chi connectivity index (χ0v) is 16.1. The summed E-state index contributed by atoms with van der Waals surface area (Å²) in [7, 11) is 1.47. The topological polar surface area (TPSA) is 93.7 Å². The predicted molar refractivity (Wildman–Crippen MR) is 103 cm³/mol. The fourth-order valence-electron chi connectivity index (χ4n) is 2.46. The molecule has 1 saturated heterocycles. The standard InChI is InChI=1S/C19H14Cl2N2O5/c1-27-16-7-10(6-13-17(24)22-19(26)23-18(13)25)2-5-15(16)28-9-11-3-4-12(20)8-14(11)21/h2-8H,9H2,1H3,(H2,22,23,24,25,26). The van der Waals surface area contributed by atoms with E-state index in [9.17, 15) is 14.4 Å². The Labute approximate surface area is 170 Å². The third-order valence-corrected chi connectivity index (χ3v) is 4.43. The Kier molecular flexibility index (Phi) is 5.87. The average molecular weight is 421 g/mol. The van der Waals surface area contributed by atoms with Crippen LogP contribution in [0, 0.1) is 0 Å². The van der Waals surface area contributed by atoms with Gasteiger partial charge in [-0.05, 0) is 35.9 Å². The molecule has 0 radical (unpaired) electrons. The van der Waals surface area contributed by atoms with Gasteiger partial charge in [-0.1, -0.05) is 35.3 Å². The molecule has 0 aromatic heterocycles. The van der Waals surface area contributed by atoms with E-state index in [-0.39, 0.29) is 12.2 Å². The van der Waals surface area contributed by atoms with E-state index in [1.54, 1.807) is 36.4 Å². The van der Waals surface area contributed by atoms with Gasteiger partial charge in [0.25, 0.3) is 11.8 Å². The van der Waals surface area contributed by atoms with Crippen LogP contribution in [-0.4, -0.2) is 25.0 Å². The number of nitrogens with one attached hydrogen (secondary N) is 2. The third-order valence-electron chi connectivity index (χ3n) is 3.84.